The van der Waals surface area contributed by atoms with Crippen molar-refractivity contribution in [2.45, 2.75) is 39.8 Å². The Morgan fingerprint density at radius 2 is 1.73 bits per heavy atom. The highest BCUT2D eigenvalue weighted by molar-refractivity contribution is 5.95. The summed E-state index contributed by atoms with van der Waals surface area (Å²) in [6.45, 7) is 11.2. The molecule has 1 saturated heterocycles. The molecule has 0 bridgehead atoms. The molecule has 0 radical (unpaired) electrons. The lowest BCUT2D eigenvalue weighted by Gasteiger charge is -2.34. The first-order chi connectivity index (χ1) is 15.8. The zero-order valence-electron chi connectivity index (χ0n) is 20.6. The van der Waals surface area contributed by atoms with E-state index in [-0.39, 0.29) is 18.1 Å². The van der Waals surface area contributed by atoms with E-state index in [4.69, 9.17) is 9.47 Å². The second-order valence-electron chi connectivity index (χ2n) is 9.27. The first-order valence-electron chi connectivity index (χ1n) is 11.7. The highest BCUT2D eigenvalue weighted by atomic mass is 16.5. The van der Waals surface area contributed by atoms with Crippen molar-refractivity contribution in [3.63, 3.8) is 0 Å². The van der Waals surface area contributed by atoms with Crippen LogP contribution in [0.2, 0.25) is 0 Å². The Kier molecular flexibility index (Phi) is 6.77. The summed E-state index contributed by atoms with van der Waals surface area (Å²) in [5, 5.41) is 0. The van der Waals surface area contributed by atoms with E-state index in [0.717, 1.165) is 59.9 Å². The highest BCUT2D eigenvalue weighted by Gasteiger charge is 2.26. The fourth-order valence-corrected chi connectivity index (χ4v) is 4.69. The molecule has 6 nitrogen and oxygen atoms in total. The molecule has 0 aliphatic carbocycles. The van der Waals surface area contributed by atoms with Gasteiger partial charge < -0.3 is 18.8 Å². The summed E-state index contributed by atoms with van der Waals surface area (Å²) in [5.41, 5.74) is 7.13. The molecule has 2 aromatic heterocycles. The summed E-state index contributed by atoms with van der Waals surface area (Å²) in [4.78, 5) is 17.6. The van der Waals surface area contributed by atoms with Crippen molar-refractivity contribution in [2.75, 3.05) is 45.3 Å². The van der Waals surface area contributed by atoms with Gasteiger partial charge >= 0.3 is 5.97 Å². The van der Waals surface area contributed by atoms with Crippen LogP contribution in [0.5, 0.6) is 0 Å². The third kappa shape index (κ3) is 4.63. The first kappa shape index (κ1) is 23.3. The van der Waals surface area contributed by atoms with Crippen LogP contribution in [0.1, 0.15) is 48.4 Å². The Balaban J connectivity index is 1.87. The minimum atomic E-state index is -0.268. The molecule has 1 aliphatic heterocycles. The second kappa shape index (κ2) is 9.57. The van der Waals surface area contributed by atoms with E-state index in [1.54, 1.807) is 0 Å². The molecule has 3 heterocycles. The molecule has 1 aliphatic rings. The molecule has 1 fully saturated rings. The van der Waals surface area contributed by atoms with Crippen LogP contribution >= 0.6 is 0 Å². The van der Waals surface area contributed by atoms with Crippen molar-refractivity contribution >= 4 is 17.2 Å². The van der Waals surface area contributed by atoms with E-state index in [1.165, 1.54) is 0 Å². The monoisotopic (exact) mass is 449 g/mol. The number of rotatable bonds is 6. The SMILES string of the molecule is Cc1c(C(=O)OC(C)C)cc2c(-c3ccc(N(C)C)cc3)ccn2c1C(C)N1CCOCC1. The van der Waals surface area contributed by atoms with Gasteiger partial charge in [-0.1, -0.05) is 12.1 Å². The maximum Gasteiger partial charge on any atom is 0.338 e. The predicted molar refractivity (Wildman–Crippen MR) is 133 cm³/mol. The smallest absolute Gasteiger partial charge is 0.338 e. The number of carbonyl (C=O) groups is 1. The molecular formula is C27H35N3O3. The zero-order chi connectivity index (χ0) is 23.7. The van der Waals surface area contributed by atoms with Crippen LogP contribution in [-0.2, 0) is 9.47 Å². The summed E-state index contributed by atoms with van der Waals surface area (Å²) >= 11 is 0. The fraction of sp³-hybridized carbons (Fsp3) is 0.444. The predicted octanol–water partition coefficient (Wildman–Crippen LogP) is 4.94. The number of nitrogens with zero attached hydrogens (tertiary/aromatic N) is 3. The number of morpholine rings is 1. The van der Waals surface area contributed by atoms with Gasteiger partial charge in [-0.15, -0.1) is 0 Å². The molecule has 1 atom stereocenters. The normalized spacial score (nSPS) is 15.7. The molecule has 176 valence electrons. The highest BCUT2D eigenvalue weighted by Crippen LogP contribution is 2.34. The number of fused-ring (bicyclic) bond motifs is 1. The fourth-order valence-electron chi connectivity index (χ4n) is 4.69. The summed E-state index contributed by atoms with van der Waals surface area (Å²) in [6, 6.07) is 12.8. The van der Waals surface area contributed by atoms with Crippen LogP contribution in [0.25, 0.3) is 16.6 Å². The number of hydrogen-bond donors (Lipinski definition) is 0. The van der Waals surface area contributed by atoms with E-state index in [1.807, 2.05) is 40.9 Å². The van der Waals surface area contributed by atoms with Gasteiger partial charge in [-0.3, -0.25) is 4.90 Å². The average molecular weight is 450 g/mol. The Morgan fingerprint density at radius 1 is 1.06 bits per heavy atom. The minimum Gasteiger partial charge on any atom is -0.459 e. The van der Waals surface area contributed by atoms with Crippen LogP contribution in [0, 0.1) is 6.92 Å². The van der Waals surface area contributed by atoms with Crippen LogP contribution < -0.4 is 4.90 Å². The van der Waals surface area contributed by atoms with Crippen molar-refractivity contribution in [1.29, 1.82) is 0 Å². The number of ether oxygens (including phenoxy) is 2. The number of hydrogen-bond acceptors (Lipinski definition) is 5. The minimum absolute atomic E-state index is 0.138. The zero-order valence-corrected chi connectivity index (χ0v) is 20.6. The van der Waals surface area contributed by atoms with Crippen LogP contribution in [0.15, 0.2) is 42.6 Å². The maximum atomic E-state index is 13.1. The Hall–Kier alpha value is -2.83. The molecule has 33 heavy (non-hydrogen) atoms. The summed E-state index contributed by atoms with van der Waals surface area (Å²) < 4.78 is 13.4. The Labute approximate surface area is 196 Å². The molecule has 6 heteroatoms. The number of esters is 1. The number of carbonyl (C=O) groups excluding carboxylic acids is 1. The van der Waals surface area contributed by atoms with E-state index >= 15 is 0 Å². The second-order valence-corrected chi connectivity index (χ2v) is 9.27. The summed E-state index contributed by atoms with van der Waals surface area (Å²) in [5.74, 6) is -0.268. The van der Waals surface area contributed by atoms with E-state index in [0.29, 0.717) is 5.56 Å². The summed E-state index contributed by atoms with van der Waals surface area (Å²) in [7, 11) is 4.08. The lowest BCUT2D eigenvalue weighted by molar-refractivity contribution is 0.0186. The number of benzene rings is 1. The van der Waals surface area contributed by atoms with E-state index < -0.39 is 0 Å². The largest absolute Gasteiger partial charge is 0.459 e. The quantitative estimate of drug-likeness (QED) is 0.499. The number of aromatic nitrogens is 1. The van der Waals surface area contributed by atoms with Crippen molar-refractivity contribution in [3.8, 4) is 11.1 Å². The lowest BCUT2D eigenvalue weighted by atomic mass is 9.99. The van der Waals surface area contributed by atoms with Gasteiger partial charge in [-0.25, -0.2) is 4.79 Å². The van der Waals surface area contributed by atoms with Gasteiger partial charge in [-0.05, 0) is 63.1 Å². The third-order valence-electron chi connectivity index (χ3n) is 6.50. The molecule has 4 rings (SSSR count). The van der Waals surface area contributed by atoms with Crippen LogP contribution in [0.3, 0.4) is 0 Å². The van der Waals surface area contributed by atoms with Crippen molar-refractivity contribution in [2.24, 2.45) is 0 Å². The van der Waals surface area contributed by atoms with Crippen molar-refractivity contribution in [1.82, 2.24) is 9.30 Å². The lowest BCUT2D eigenvalue weighted by Crippen LogP contribution is -2.39. The Bertz CT molecular complexity index is 1130. The van der Waals surface area contributed by atoms with Gasteiger partial charge in [0.15, 0.2) is 0 Å². The number of pyridine rings is 1. The molecular weight excluding hydrogens is 414 g/mol. The van der Waals surface area contributed by atoms with Crippen molar-refractivity contribution in [3.05, 3.63) is 59.4 Å². The van der Waals surface area contributed by atoms with Gasteiger partial charge in [0.05, 0.1) is 30.4 Å². The Morgan fingerprint density at radius 3 is 2.33 bits per heavy atom. The molecule has 1 unspecified atom stereocenters. The number of anilines is 1. The topological polar surface area (TPSA) is 46.4 Å². The van der Waals surface area contributed by atoms with Crippen LogP contribution in [-0.4, -0.2) is 61.8 Å². The standard InChI is InChI=1S/C27H35N3O3/c1-18(2)33-27(31)24-17-25-23(21-7-9-22(10-8-21)28(5)6)11-12-30(25)26(19(24)3)20(4)29-13-15-32-16-14-29/h7-12,17-18,20H,13-16H2,1-6H3. The molecule has 0 N–H and O–H groups in total. The maximum absolute atomic E-state index is 13.1. The van der Waals surface area contributed by atoms with Crippen LogP contribution in [0.4, 0.5) is 5.69 Å². The van der Waals surface area contributed by atoms with Gasteiger partial charge in [0, 0.05) is 56.4 Å². The molecule has 0 spiro atoms. The van der Waals surface area contributed by atoms with Crippen molar-refractivity contribution < 1.29 is 14.3 Å². The third-order valence-corrected chi connectivity index (χ3v) is 6.50. The molecule has 0 saturated carbocycles. The average Bonchev–Trinajstić information content (AvgIpc) is 3.21. The van der Waals surface area contributed by atoms with Gasteiger partial charge in [0.2, 0.25) is 0 Å². The summed E-state index contributed by atoms with van der Waals surface area (Å²) in [6.07, 6.45) is 1.96. The van der Waals surface area contributed by atoms with E-state index in [9.17, 15) is 4.79 Å². The molecule has 3 aromatic rings. The van der Waals surface area contributed by atoms with Gasteiger partial charge in [-0.2, -0.15) is 0 Å². The first-order valence-corrected chi connectivity index (χ1v) is 11.7. The van der Waals surface area contributed by atoms with E-state index in [2.05, 4.69) is 57.7 Å². The molecule has 1 aromatic carbocycles. The molecule has 0 amide bonds. The van der Waals surface area contributed by atoms with Gasteiger partial charge in [0.25, 0.3) is 0 Å². The van der Waals surface area contributed by atoms with Gasteiger partial charge in [0.1, 0.15) is 0 Å².